The fraction of sp³-hybridized carbons (Fsp3) is 0.889. The number of rotatable bonds is 8. The predicted octanol–water partition coefficient (Wildman–Crippen LogP) is 2.56. The van der Waals surface area contributed by atoms with Crippen molar-refractivity contribution in [2.45, 2.75) is 96.4 Å². The second kappa shape index (κ2) is 8.37. The molecule has 156 valence electrons. The summed E-state index contributed by atoms with van der Waals surface area (Å²) in [4.78, 5) is 23.8. The smallest absolute Gasteiger partial charge is 0.457 e. The van der Waals surface area contributed by atoms with Crippen molar-refractivity contribution >= 4 is 19.2 Å². The molecule has 4 N–H and O–H groups in total. The molecule has 1 aliphatic rings. The van der Waals surface area contributed by atoms with E-state index < -0.39 is 34.4 Å². The molecule has 1 rings (SSSR count). The van der Waals surface area contributed by atoms with Crippen LogP contribution in [-0.4, -0.2) is 53.2 Å². The van der Waals surface area contributed by atoms with Gasteiger partial charge >= 0.3 is 19.2 Å². The Labute approximate surface area is 162 Å². The molecular formula is C18H35BN2O6. The third-order valence-corrected chi connectivity index (χ3v) is 5.09. The van der Waals surface area contributed by atoms with Gasteiger partial charge in [0.2, 0.25) is 0 Å². The van der Waals surface area contributed by atoms with E-state index in [2.05, 4.69) is 5.32 Å². The van der Waals surface area contributed by atoms with Crippen LogP contribution < -0.4 is 11.1 Å². The number of carbonyl (C=O) groups is 2. The first kappa shape index (κ1) is 23.7. The first-order chi connectivity index (χ1) is 12.1. The summed E-state index contributed by atoms with van der Waals surface area (Å²) in [5, 5.41) is 12.1. The van der Waals surface area contributed by atoms with Gasteiger partial charge in [0.05, 0.1) is 11.2 Å². The van der Waals surface area contributed by atoms with E-state index in [1.54, 1.807) is 20.8 Å². The van der Waals surface area contributed by atoms with E-state index in [1.807, 2.05) is 27.7 Å². The molecule has 0 aromatic rings. The Morgan fingerprint density at radius 2 is 1.63 bits per heavy atom. The lowest BCUT2D eigenvalue weighted by molar-refractivity contribution is -0.144. The highest BCUT2D eigenvalue weighted by molar-refractivity contribution is 6.45. The Kier molecular flexibility index (Phi) is 7.35. The van der Waals surface area contributed by atoms with Crippen molar-refractivity contribution in [3.05, 3.63) is 0 Å². The van der Waals surface area contributed by atoms with Crippen molar-refractivity contribution in [2.75, 3.05) is 6.54 Å². The van der Waals surface area contributed by atoms with Crippen LogP contribution in [0.5, 0.6) is 0 Å². The van der Waals surface area contributed by atoms with Crippen LogP contribution in [0.15, 0.2) is 0 Å². The number of carboxylic acid groups (broad SMARTS) is 1. The molecule has 0 radical (unpaired) electrons. The number of carbonyl (C=O) groups excluding carboxylic acids is 1. The zero-order chi connectivity index (χ0) is 21.1. The van der Waals surface area contributed by atoms with Gasteiger partial charge in [0, 0.05) is 6.54 Å². The molecule has 1 saturated heterocycles. The summed E-state index contributed by atoms with van der Waals surface area (Å²) in [6, 6.07) is 0. The van der Waals surface area contributed by atoms with E-state index in [0.717, 1.165) is 0 Å². The first-order valence-corrected chi connectivity index (χ1v) is 9.44. The highest BCUT2D eigenvalue weighted by Crippen LogP contribution is 2.38. The van der Waals surface area contributed by atoms with Crippen LogP contribution in [-0.2, 0) is 18.8 Å². The van der Waals surface area contributed by atoms with Crippen molar-refractivity contribution in [3.63, 3.8) is 0 Å². The van der Waals surface area contributed by atoms with E-state index in [-0.39, 0.29) is 20.1 Å². The van der Waals surface area contributed by atoms with Crippen LogP contribution in [0.25, 0.3) is 0 Å². The van der Waals surface area contributed by atoms with Crippen molar-refractivity contribution in [1.29, 1.82) is 0 Å². The highest BCUT2D eigenvalue weighted by Gasteiger charge is 2.50. The van der Waals surface area contributed by atoms with E-state index >= 15 is 0 Å². The van der Waals surface area contributed by atoms with E-state index in [4.69, 9.17) is 19.8 Å². The Hall–Kier alpha value is -1.32. The second-order valence-electron chi connectivity index (χ2n) is 9.15. The summed E-state index contributed by atoms with van der Waals surface area (Å²) in [5.41, 5.74) is 2.63. The average Bonchev–Trinajstić information content (AvgIpc) is 2.67. The standard InChI is InChI=1S/C18H35BN2O6/c1-15(2,3)25-14(24)21-18(12-20,13(22)23)10-8-9-11-19-26-16(4,5)17(6,7)27-19/h8-12,20H2,1-7H3,(H,21,24)(H,22,23). The highest BCUT2D eigenvalue weighted by atomic mass is 16.7. The molecule has 1 heterocycles. The molecule has 0 aromatic heterocycles. The largest absolute Gasteiger partial charge is 0.479 e. The van der Waals surface area contributed by atoms with Crippen molar-refractivity contribution < 1.29 is 28.7 Å². The third kappa shape index (κ3) is 6.36. The molecule has 1 amide bonds. The Balaban J connectivity index is 2.59. The molecule has 9 heteroatoms. The molecule has 1 fully saturated rings. The molecule has 27 heavy (non-hydrogen) atoms. The molecule has 0 saturated carbocycles. The minimum absolute atomic E-state index is 0.192. The number of ether oxygens (including phenoxy) is 1. The van der Waals surface area contributed by atoms with Crippen molar-refractivity contribution in [2.24, 2.45) is 5.73 Å². The lowest BCUT2D eigenvalue weighted by Gasteiger charge is -2.32. The maximum Gasteiger partial charge on any atom is 0.457 e. The van der Waals surface area contributed by atoms with E-state index in [0.29, 0.717) is 19.2 Å². The summed E-state index contributed by atoms with van der Waals surface area (Å²) >= 11 is 0. The van der Waals surface area contributed by atoms with Gasteiger partial charge in [-0.15, -0.1) is 0 Å². The molecule has 0 bridgehead atoms. The Morgan fingerprint density at radius 3 is 2.04 bits per heavy atom. The Morgan fingerprint density at radius 1 is 1.11 bits per heavy atom. The van der Waals surface area contributed by atoms with Crippen LogP contribution in [0.1, 0.15) is 67.7 Å². The van der Waals surface area contributed by atoms with Gasteiger partial charge in [-0.2, -0.15) is 0 Å². The number of nitrogens with two attached hydrogens (primary N) is 1. The van der Waals surface area contributed by atoms with Gasteiger partial charge in [-0.05, 0) is 61.2 Å². The van der Waals surface area contributed by atoms with Crippen molar-refractivity contribution in [1.82, 2.24) is 5.32 Å². The number of alkyl carbamates (subject to hydrolysis) is 1. The summed E-state index contributed by atoms with van der Waals surface area (Å²) in [7, 11) is -0.328. The fourth-order valence-electron chi connectivity index (χ4n) is 2.78. The SMILES string of the molecule is CC(C)(C)OC(=O)NC(CN)(CCCCB1OC(C)(C)C(C)(C)O1)C(=O)O. The van der Waals surface area contributed by atoms with Crippen LogP contribution in [0.2, 0.25) is 6.32 Å². The number of hydrogen-bond donors (Lipinski definition) is 3. The molecular weight excluding hydrogens is 351 g/mol. The monoisotopic (exact) mass is 386 g/mol. The molecule has 0 spiro atoms. The maximum atomic E-state index is 12.0. The van der Waals surface area contributed by atoms with E-state index in [9.17, 15) is 14.7 Å². The lowest BCUT2D eigenvalue weighted by Crippen LogP contribution is -2.60. The summed E-state index contributed by atoms with van der Waals surface area (Å²) < 4.78 is 17.0. The zero-order valence-electron chi connectivity index (χ0n) is 17.7. The normalized spacial score (nSPS) is 20.8. The number of carboxylic acids is 1. The number of hydrogen-bond acceptors (Lipinski definition) is 6. The number of aliphatic carboxylic acids is 1. The lowest BCUT2D eigenvalue weighted by atomic mass is 9.81. The van der Waals surface area contributed by atoms with Crippen LogP contribution in [0, 0.1) is 0 Å². The summed E-state index contributed by atoms with van der Waals surface area (Å²) in [6.45, 7) is 12.9. The van der Waals surface area contributed by atoms with Gasteiger partial charge in [0.25, 0.3) is 0 Å². The molecule has 0 aromatic carbocycles. The van der Waals surface area contributed by atoms with Crippen molar-refractivity contribution in [3.8, 4) is 0 Å². The predicted molar refractivity (Wildman–Crippen MR) is 104 cm³/mol. The Bertz CT molecular complexity index is 530. The number of amides is 1. The number of nitrogens with one attached hydrogen (secondary N) is 1. The van der Waals surface area contributed by atoms with E-state index in [1.165, 1.54) is 0 Å². The van der Waals surface area contributed by atoms with Crippen LogP contribution in [0.4, 0.5) is 4.79 Å². The van der Waals surface area contributed by atoms with Gasteiger partial charge in [0.1, 0.15) is 5.60 Å². The molecule has 8 nitrogen and oxygen atoms in total. The quantitative estimate of drug-likeness (QED) is 0.433. The molecule has 1 unspecified atom stereocenters. The first-order valence-electron chi connectivity index (χ1n) is 9.44. The van der Waals surface area contributed by atoms with Crippen LogP contribution >= 0.6 is 0 Å². The second-order valence-corrected chi connectivity index (χ2v) is 9.15. The minimum atomic E-state index is -1.56. The zero-order valence-corrected chi connectivity index (χ0v) is 17.7. The summed E-state index contributed by atoms with van der Waals surface area (Å²) in [5.74, 6) is -1.17. The summed E-state index contributed by atoms with van der Waals surface area (Å²) in [6.07, 6.45) is 1.27. The topological polar surface area (TPSA) is 120 Å². The van der Waals surface area contributed by atoms with Gasteiger partial charge in [-0.3, -0.25) is 0 Å². The van der Waals surface area contributed by atoms with Gasteiger partial charge in [0.15, 0.2) is 5.54 Å². The molecule has 1 aliphatic heterocycles. The van der Waals surface area contributed by atoms with Gasteiger partial charge < -0.3 is 30.2 Å². The third-order valence-electron chi connectivity index (χ3n) is 5.09. The van der Waals surface area contributed by atoms with Gasteiger partial charge in [-0.25, -0.2) is 9.59 Å². The minimum Gasteiger partial charge on any atom is -0.479 e. The maximum absolute atomic E-state index is 12.0. The molecule has 0 aliphatic carbocycles. The number of unbranched alkanes of at least 4 members (excludes halogenated alkanes) is 1. The fourth-order valence-corrected chi connectivity index (χ4v) is 2.78. The molecule has 1 atom stereocenters. The average molecular weight is 386 g/mol. The van der Waals surface area contributed by atoms with Gasteiger partial charge in [-0.1, -0.05) is 12.8 Å². The van der Waals surface area contributed by atoms with Crippen LogP contribution in [0.3, 0.4) is 0 Å².